The van der Waals surface area contributed by atoms with Gasteiger partial charge in [0.1, 0.15) is 11.6 Å². The first-order valence-electron chi connectivity index (χ1n) is 6.50. The van der Waals surface area contributed by atoms with Crippen LogP contribution in [0.4, 0.5) is 11.6 Å². The lowest BCUT2D eigenvalue weighted by atomic mass is 10.3. The highest BCUT2D eigenvalue weighted by Crippen LogP contribution is 2.20. The van der Waals surface area contributed by atoms with Crippen LogP contribution in [0.5, 0.6) is 0 Å². The monoisotopic (exact) mass is 289 g/mol. The van der Waals surface area contributed by atoms with Crippen LogP contribution in [0.2, 0.25) is 0 Å². The van der Waals surface area contributed by atoms with Gasteiger partial charge in [-0.2, -0.15) is 0 Å². The summed E-state index contributed by atoms with van der Waals surface area (Å²) in [5, 5.41) is 4.01. The summed E-state index contributed by atoms with van der Waals surface area (Å²) in [4.78, 5) is 15.2. The summed E-state index contributed by atoms with van der Waals surface area (Å²) in [6.07, 6.45) is 5.64. The molecule has 0 aliphatic rings. The maximum Gasteiger partial charge on any atom is 0.191 e. The first-order chi connectivity index (χ1) is 9.72. The zero-order valence-electron chi connectivity index (χ0n) is 12.0. The average Bonchev–Trinajstić information content (AvgIpc) is 2.48. The van der Waals surface area contributed by atoms with Crippen LogP contribution in [0.1, 0.15) is 12.5 Å². The lowest BCUT2D eigenvalue weighted by Gasteiger charge is -2.19. The van der Waals surface area contributed by atoms with E-state index in [0.29, 0.717) is 0 Å². The predicted molar refractivity (Wildman–Crippen MR) is 84.3 cm³/mol. The highest BCUT2D eigenvalue weighted by Gasteiger charge is 2.08. The minimum absolute atomic E-state index is 0.768. The van der Waals surface area contributed by atoms with E-state index in [9.17, 15) is 0 Å². The number of rotatable bonds is 6. The maximum atomic E-state index is 4.55. The van der Waals surface area contributed by atoms with Gasteiger partial charge < -0.3 is 10.2 Å². The maximum absolute atomic E-state index is 4.55. The van der Waals surface area contributed by atoms with E-state index in [1.807, 2.05) is 31.6 Å². The molecule has 0 atom stereocenters. The molecule has 0 amide bonds. The molecule has 2 rings (SSSR count). The fourth-order valence-electron chi connectivity index (χ4n) is 1.82. The Balaban J connectivity index is 2.19. The van der Waals surface area contributed by atoms with Gasteiger partial charge in [-0.1, -0.05) is 17.8 Å². The molecule has 0 bridgehead atoms. The Morgan fingerprint density at radius 3 is 2.85 bits per heavy atom. The van der Waals surface area contributed by atoms with E-state index >= 15 is 0 Å². The molecule has 0 saturated heterocycles. The van der Waals surface area contributed by atoms with Gasteiger partial charge in [0.05, 0.1) is 0 Å². The van der Waals surface area contributed by atoms with E-state index in [1.165, 1.54) is 0 Å². The number of nitrogens with one attached hydrogen (secondary N) is 1. The molecule has 2 heterocycles. The number of pyridine rings is 1. The van der Waals surface area contributed by atoms with E-state index < -0.39 is 0 Å². The van der Waals surface area contributed by atoms with Crippen LogP contribution in [-0.4, -0.2) is 34.8 Å². The summed E-state index contributed by atoms with van der Waals surface area (Å²) in [5.74, 6) is 1.77. The summed E-state index contributed by atoms with van der Waals surface area (Å²) >= 11 is 1.55. The molecule has 0 radical (unpaired) electrons. The van der Waals surface area contributed by atoms with Gasteiger partial charge >= 0.3 is 0 Å². The molecule has 0 saturated carbocycles. The van der Waals surface area contributed by atoms with E-state index in [2.05, 4.69) is 38.2 Å². The topological polar surface area (TPSA) is 53.9 Å². The van der Waals surface area contributed by atoms with Gasteiger partial charge in [0.15, 0.2) is 5.16 Å². The van der Waals surface area contributed by atoms with Crippen molar-refractivity contribution in [2.45, 2.75) is 18.6 Å². The number of nitrogens with zero attached hydrogens (tertiary/aromatic N) is 4. The molecular weight excluding hydrogens is 270 g/mol. The van der Waals surface area contributed by atoms with Crippen molar-refractivity contribution in [2.75, 3.05) is 30.1 Å². The Morgan fingerprint density at radius 2 is 2.20 bits per heavy atom. The van der Waals surface area contributed by atoms with Crippen molar-refractivity contribution >= 4 is 23.4 Å². The third-order valence-electron chi connectivity index (χ3n) is 2.77. The van der Waals surface area contributed by atoms with Gasteiger partial charge in [-0.15, -0.1) is 0 Å². The fraction of sp³-hybridized carbons (Fsp3) is 0.357. The fourth-order valence-corrected chi connectivity index (χ4v) is 2.19. The largest absolute Gasteiger partial charge is 0.370 e. The second-order valence-electron chi connectivity index (χ2n) is 4.35. The first kappa shape index (κ1) is 14.6. The minimum atomic E-state index is 0.768. The zero-order valence-corrected chi connectivity index (χ0v) is 12.8. The van der Waals surface area contributed by atoms with Gasteiger partial charge in [-0.25, -0.2) is 9.97 Å². The Hall–Kier alpha value is -1.82. The van der Waals surface area contributed by atoms with Crippen LogP contribution in [0, 0.1) is 0 Å². The van der Waals surface area contributed by atoms with Gasteiger partial charge in [0, 0.05) is 38.6 Å². The zero-order chi connectivity index (χ0) is 14.4. The first-order valence-corrected chi connectivity index (χ1v) is 7.72. The molecule has 5 nitrogen and oxygen atoms in total. The minimum Gasteiger partial charge on any atom is -0.370 e. The summed E-state index contributed by atoms with van der Waals surface area (Å²) in [6, 6.07) is 5.98. The molecule has 2 aromatic heterocycles. The van der Waals surface area contributed by atoms with Crippen LogP contribution >= 0.6 is 11.8 Å². The quantitative estimate of drug-likeness (QED) is 0.652. The Labute approximate surface area is 123 Å². The third kappa shape index (κ3) is 3.84. The van der Waals surface area contributed by atoms with Crippen molar-refractivity contribution in [3.05, 3.63) is 36.2 Å². The van der Waals surface area contributed by atoms with Gasteiger partial charge in [0.2, 0.25) is 0 Å². The van der Waals surface area contributed by atoms with Crippen LogP contribution in [-0.2, 0) is 6.54 Å². The van der Waals surface area contributed by atoms with E-state index in [-0.39, 0.29) is 0 Å². The second kappa shape index (κ2) is 7.09. The molecule has 6 heteroatoms. The second-order valence-corrected chi connectivity index (χ2v) is 5.12. The number of thioether (sulfide) groups is 1. The van der Waals surface area contributed by atoms with E-state index in [1.54, 1.807) is 18.0 Å². The van der Waals surface area contributed by atoms with Crippen molar-refractivity contribution < 1.29 is 0 Å². The van der Waals surface area contributed by atoms with E-state index in [0.717, 1.165) is 35.4 Å². The molecule has 0 aliphatic heterocycles. The highest BCUT2D eigenvalue weighted by molar-refractivity contribution is 7.98. The molecule has 20 heavy (non-hydrogen) atoms. The van der Waals surface area contributed by atoms with Crippen molar-refractivity contribution in [2.24, 2.45) is 0 Å². The van der Waals surface area contributed by atoms with Crippen LogP contribution < -0.4 is 10.2 Å². The predicted octanol–water partition coefficient (Wildman–Crippen LogP) is 2.66. The molecule has 0 aromatic carbocycles. The van der Waals surface area contributed by atoms with Gasteiger partial charge in [0.25, 0.3) is 0 Å². The number of hydrogen-bond acceptors (Lipinski definition) is 6. The molecule has 0 unspecified atom stereocenters. The molecule has 0 spiro atoms. The average molecular weight is 289 g/mol. The van der Waals surface area contributed by atoms with Crippen molar-refractivity contribution in [1.29, 1.82) is 0 Å². The summed E-state index contributed by atoms with van der Waals surface area (Å²) in [7, 11) is 2.02. The van der Waals surface area contributed by atoms with Crippen molar-refractivity contribution in [1.82, 2.24) is 15.0 Å². The van der Waals surface area contributed by atoms with Crippen molar-refractivity contribution in [3.8, 4) is 0 Å². The summed E-state index contributed by atoms with van der Waals surface area (Å²) < 4.78 is 0. The van der Waals surface area contributed by atoms with Gasteiger partial charge in [-0.3, -0.25) is 4.98 Å². The highest BCUT2D eigenvalue weighted by atomic mass is 32.2. The van der Waals surface area contributed by atoms with Crippen LogP contribution in [0.15, 0.2) is 35.7 Å². The summed E-state index contributed by atoms with van der Waals surface area (Å²) in [6.45, 7) is 3.67. The number of aromatic nitrogens is 3. The van der Waals surface area contributed by atoms with Crippen molar-refractivity contribution in [3.63, 3.8) is 0 Å². The number of hydrogen-bond donors (Lipinski definition) is 1. The SMILES string of the molecule is CCNc1cc(N(C)Cc2cccnc2)nc(SC)n1. The van der Waals surface area contributed by atoms with Crippen LogP contribution in [0.25, 0.3) is 0 Å². The smallest absolute Gasteiger partial charge is 0.191 e. The lowest BCUT2D eigenvalue weighted by Crippen LogP contribution is -2.18. The standard InChI is InChI=1S/C14H19N5S/c1-4-16-12-8-13(18-14(17-12)20-3)19(2)10-11-6-5-7-15-9-11/h5-9H,4,10H2,1-3H3,(H,16,17,18). The molecule has 2 aromatic rings. The molecule has 1 N–H and O–H groups in total. The third-order valence-corrected chi connectivity index (χ3v) is 3.31. The van der Waals surface area contributed by atoms with Crippen LogP contribution in [0.3, 0.4) is 0 Å². The molecule has 0 aliphatic carbocycles. The van der Waals surface area contributed by atoms with E-state index in [4.69, 9.17) is 0 Å². The number of anilines is 2. The Kier molecular flexibility index (Phi) is 5.17. The summed E-state index contributed by atoms with van der Waals surface area (Å²) in [5.41, 5.74) is 1.16. The lowest BCUT2D eigenvalue weighted by molar-refractivity contribution is 0.853. The normalized spacial score (nSPS) is 10.3. The Bertz CT molecular complexity index is 547. The van der Waals surface area contributed by atoms with Gasteiger partial charge in [-0.05, 0) is 24.8 Å². The Morgan fingerprint density at radius 1 is 1.35 bits per heavy atom. The molecular formula is C14H19N5S. The molecule has 106 valence electrons. The molecule has 0 fully saturated rings.